The van der Waals surface area contributed by atoms with Gasteiger partial charge in [0.25, 0.3) is 5.56 Å². The van der Waals surface area contributed by atoms with Gasteiger partial charge in [0, 0.05) is 29.2 Å². The summed E-state index contributed by atoms with van der Waals surface area (Å²) in [6, 6.07) is 9.29. The number of nitrogens with one attached hydrogen (secondary N) is 1. The molecule has 3 aromatic rings. The van der Waals surface area contributed by atoms with E-state index in [-0.39, 0.29) is 29.9 Å². The molecule has 0 fully saturated rings. The highest BCUT2D eigenvalue weighted by Gasteiger charge is 2.23. The van der Waals surface area contributed by atoms with Crippen LogP contribution in [-0.2, 0) is 13.0 Å². The SMILES string of the molecule is CCn1nc(C(=O)O)c(Cc2ccccc2Br)c(Nc2cnccc2C)c1=O. The van der Waals surface area contributed by atoms with E-state index in [1.165, 1.54) is 0 Å². The molecule has 2 N–H and O–H groups in total. The molecule has 0 aliphatic rings. The molecule has 8 heteroatoms. The molecule has 0 aliphatic carbocycles. The van der Waals surface area contributed by atoms with E-state index in [2.05, 4.69) is 31.3 Å². The number of aromatic carboxylic acids is 1. The van der Waals surface area contributed by atoms with Crippen LogP contribution in [0.25, 0.3) is 0 Å². The molecule has 0 saturated heterocycles. The average molecular weight is 443 g/mol. The van der Waals surface area contributed by atoms with E-state index in [1.807, 2.05) is 37.3 Å². The molecule has 2 aromatic heterocycles. The van der Waals surface area contributed by atoms with Gasteiger partial charge in [-0.15, -0.1) is 0 Å². The Morgan fingerprint density at radius 3 is 2.68 bits per heavy atom. The van der Waals surface area contributed by atoms with Crippen LogP contribution in [0.2, 0.25) is 0 Å². The normalized spacial score (nSPS) is 10.7. The van der Waals surface area contributed by atoms with Crippen molar-refractivity contribution in [1.82, 2.24) is 14.8 Å². The van der Waals surface area contributed by atoms with E-state index in [0.29, 0.717) is 11.3 Å². The van der Waals surface area contributed by atoms with Crippen molar-refractivity contribution in [3.05, 3.63) is 79.9 Å². The second kappa shape index (κ2) is 8.35. The molecule has 0 spiro atoms. The van der Waals surface area contributed by atoms with Gasteiger partial charge in [0.2, 0.25) is 0 Å². The summed E-state index contributed by atoms with van der Waals surface area (Å²) in [5.41, 5.74) is 2.38. The van der Waals surface area contributed by atoms with Crippen molar-refractivity contribution in [2.75, 3.05) is 5.32 Å². The third-order valence-electron chi connectivity index (χ3n) is 4.38. The average Bonchev–Trinajstić information content (AvgIpc) is 2.67. The van der Waals surface area contributed by atoms with Crippen molar-refractivity contribution < 1.29 is 9.90 Å². The molecular weight excluding hydrogens is 424 g/mol. The second-order valence-electron chi connectivity index (χ2n) is 6.21. The minimum absolute atomic E-state index is 0.152. The van der Waals surface area contributed by atoms with Crippen molar-refractivity contribution in [2.24, 2.45) is 0 Å². The smallest absolute Gasteiger partial charge is 0.356 e. The fourth-order valence-corrected chi connectivity index (χ4v) is 3.28. The number of carboxylic acids is 1. The van der Waals surface area contributed by atoms with E-state index >= 15 is 0 Å². The molecule has 0 atom stereocenters. The molecule has 0 radical (unpaired) electrons. The van der Waals surface area contributed by atoms with Crippen molar-refractivity contribution in [3.8, 4) is 0 Å². The fraction of sp³-hybridized carbons (Fsp3) is 0.200. The van der Waals surface area contributed by atoms with Gasteiger partial charge in [0.1, 0.15) is 5.69 Å². The Balaban J connectivity index is 2.23. The lowest BCUT2D eigenvalue weighted by Crippen LogP contribution is -2.29. The summed E-state index contributed by atoms with van der Waals surface area (Å²) in [6.07, 6.45) is 3.49. The summed E-state index contributed by atoms with van der Waals surface area (Å²) in [7, 11) is 0. The number of halogens is 1. The summed E-state index contributed by atoms with van der Waals surface area (Å²) in [6.45, 7) is 3.89. The van der Waals surface area contributed by atoms with Gasteiger partial charge in [-0.3, -0.25) is 9.78 Å². The quantitative estimate of drug-likeness (QED) is 0.602. The molecule has 1 aromatic carbocycles. The van der Waals surface area contributed by atoms with Crippen LogP contribution in [0.15, 0.2) is 52.0 Å². The molecule has 144 valence electrons. The van der Waals surface area contributed by atoms with Gasteiger partial charge >= 0.3 is 5.97 Å². The number of pyridine rings is 1. The zero-order chi connectivity index (χ0) is 20.3. The lowest BCUT2D eigenvalue weighted by molar-refractivity contribution is 0.0686. The van der Waals surface area contributed by atoms with Crippen LogP contribution in [0.3, 0.4) is 0 Å². The zero-order valence-electron chi connectivity index (χ0n) is 15.4. The third-order valence-corrected chi connectivity index (χ3v) is 5.16. The molecule has 7 nitrogen and oxygen atoms in total. The Morgan fingerprint density at radius 1 is 1.29 bits per heavy atom. The highest BCUT2D eigenvalue weighted by Crippen LogP contribution is 2.27. The summed E-state index contributed by atoms with van der Waals surface area (Å²) in [4.78, 5) is 29.0. The summed E-state index contributed by atoms with van der Waals surface area (Å²) < 4.78 is 1.98. The fourth-order valence-electron chi connectivity index (χ4n) is 2.85. The number of carbonyl (C=O) groups is 1. The Bertz CT molecular complexity index is 1100. The largest absolute Gasteiger partial charge is 0.476 e. The Morgan fingerprint density at radius 2 is 2.04 bits per heavy atom. The lowest BCUT2D eigenvalue weighted by Gasteiger charge is -2.17. The molecule has 0 unspecified atom stereocenters. The van der Waals surface area contributed by atoms with E-state index in [0.717, 1.165) is 20.3 Å². The first-order valence-corrected chi connectivity index (χ1v) is 9.50. The third kappa shape index (κ3) is 3.96. The van der Waals surface area contributed by atoms with Crippen LogP contribution in [0.5, 0.6) is 0 Å². The van der Waals surface area contributed by atoms with E-state index < -0.39 is 5.97 Å². The molecular formula is C20H19BrN4O3. The van der Waals surface area contributed by atoms with Gasteiger partial charge in [-0.05, 0) is 37.1 Å². The van der Waals surface area contributed by atoms with Crippen LogP contribution >= 0.6 is 15.9 Å². The van der Waals surface area contributed by atoms with Crippen LogP contribution in [-0.4, -0.2) is 25.8 Å². The maximum absolute atomic E-state index is 13.0. The lowest BCUT2D eigenvalue weighted by atomic mass is 10.0. The molecule has 0 saturated carbocycles. The first-order valence-electron chi connectivity index (χ1n) is 8.70. The Hall–Kier alpha value is -3.00. The van der Waals surface area contributed by atoms with E-state index in [9.17, 15) is 14.7 Å². The van der Waals surface area contributed by atoms with Crippen molar-refractivity contribution in [1.29, 1.82) is 0 Å². The second-order valence-corrected chi connectivity index (χ2v) is 7.07. The molecule has 0 aliphatic heterocycles. The number of anilines is 2. The van der Waals surface area contributed by atoms with E-state index in [4.69, 9.17) is 0 Å². The van der Waals surface area contributed by atoms with E-state index in [1.54, 1.807) is 19.3 Å². The zero-order valence-corrected chi connectivity index (χ0v) is 17.0. The Kier molecular flexibility index (Phi) is 5.89. The van der Waals surface area contributed by atoms with Crippen molar-refractivity contribution in [2.45, 2.75) is 26.8 Å². The number of rotatable bonds is 6. The van der Waals surface area contributed by atoms with Gasteiger partial charge < -0.3 is 10.4 Å². The number of benzene rings is 1. The number of hydrogen-bond acceptors (Lipinski definition) is 5. The number of carboxylic acid groups (broad SMARTS) is 1. The highest BCUT2D eigenvalue weighted by molar-refractivity contribution is 9.10. The van der Waals surface area contributed by atoms with Crippen molar-refractivity contribution in [3.63, 3.8) is 0 Å². The summed E-state index contributed by atoms with van der Waals surface area (Å²) in [5.74, 6) is -1.18. The van der Waals surface area contributed by atoms with Crippen molar-refractivity contribution >= 4 is 33.3 Å². The van der Waals surface area contributed by atoms with Gasteiger partial charge in [0.15, 0.2) is 5.69 Å². The van der Waals surface area contributed by atoms with Crippen LogP contribution in [0.4, 0.5) is 11.4 Å². The highest BCUT2D eigenvalue weighted by atomic mass is 79.9. The minimum Gasteiger partial charge on any atom is -0.476 e. The van der Waals surface area contributed by atoms with Gasteiger partial charge in [-0.1, -0.05) is 34.1 Å². The standard InChI is InChI=1S/C20H19BrN4O3/c1-3-25-19(26)17(23-16-11-22-9-8-12(16)2)14(18(24-25)20(27)28)10-13-6-4-5-7-15(13)21/h4-9,11,23H,3,10H2,1-2H3,(H,27,28). The maximum Gasteiger partial charge on any atom is 0.356 e. The first kappa shape index (κ1) is 19.8. The predicted molar refractivity (Wildman–Crippen MR) is 110 cm³/mol. The van der Waals surface area contributed by atoms with Crippen LogP contribution in [0.1, 0.15) is 34.1 Å². The monoisotopic (exact) mass is 442 g/mol. The van der Waals surface area contributed by atoms with Gasteiger partial charge in [-0.2, -0.15) is 5.10 Å². The molecule has 28 heavy (non-hydrogen) atoms. The number of hydrogen-bond donors (Lipinski definition) is 2. The summed E-state index contributed by atoms with van der Waals surface area (Å²) >= 11 is 3.48. The van der Waals surface area contributed by atoms with Gasteiger partial charge in [0.05, 0.1) is 11.9 Å². The molecule has 0 amide bonds. The Labute approximate surface area is 170 Å². The number of nitrogens with zero attached hydrogens (tertiary/aromatic N) is 3. The topological polar surface area (TPSA) is 97.1 Å². The summed E-state index contributed by atoms with van der Waals surface area (Å²) in [5, 5.41) is 16.9. The van der Waals surface area contributed by atoms with Crippen LogP contribution < -0.4 is 10.9 Å². The molecule has 2 heterocycles. The van der Waals surface area contributed by atoms with Gasteiger partial charge in [-0.25, -0.2) is 9.48 Å². The first-order chi connectivity index (χ1) is 13.4. The van der Waals surface area contributed by atoms with Crippen LogP contribution in [0, 0.1) is 6.92 Å². The predicted octanol–water partition coefficient (Wildman–Crippen LogP) is 3.76. The minimum atomic E-state index is -1.18. The molecule has 0 bridgehead atoms. The maximum atomic E-state index is 13.0. The number of aromatic nitrogens is 3. The number of aryl methyl sites for hydroxylation is 2. The molecule has 3 rings (SSSR count).